The maximum absolute atomic E-state index is 12.7. The number of benzene rings is 2. The minimum atomic E-state index is -0.750. The predicted molar refractivity (Wildman–Crippen MR) is 112 cm³/mol. The average molecular weight is 409 g/mol. The SMILES string of the molecule is CC1Cc2ccccc2N1C(=O)COC(=O)c1ccc(N2CCCC2)c([N+](=O)[O-])c1. The third-order valence-corrected chi connectivity index (χ3v) is 5.66. The molecule has 1 amide bonds. The Morgan fingerprint density at radius 2 is 1.87 bits per heavy atom. The van der Waals surface area contributed by atoms with Gasteiger partial charge in [0.2, 0.25) is 0 Å². The smallest absolute Gasteiger partial charge is 0.338 e. The summed E-state index contributed by atoms with van der Waals surface area (Å²) in [4.78, 5) is 39.8. The van der Waals surface area contributed by atoms with Gasteiger partial charge in [-0.1, -0.05) is 18.2 Å². The summed E-state index contributed by atoms with van der Waals surface area (Å²) < 4.78 is 5.20. The zero-order valence-corrected chi connectivity index (χ0v) is 16.7. The topological polar surface area (TPSA) is 93.0 Å². The van der Waals surface area contributed by atoms with Crippen molar-refractivity contribution in [2.24, 2.45) is 0 Å². The Morgan fingerprint density at radius 3 is 2.60 bits per heavy atom. The van der Waals surface area contributed by atoms with Crippen molar-refractivity contribution in [3.63, 3.8) is 0 Å². The van der Waals surface area contributed by atoms with Crippen molar-refractivity contribution < 1.29 is 19.2 Å². The molecule has 2 aliphatic rings. The van der Waals surface area contributed by atoms with Gasteiger partial charge in [0, 0.05) is 30.9 Å². The number of esters is 1. The molecule has 0 radical (unpaired) electrons. The van der Waals surface area contributed by atoms with Gasteiger partial charge in [-0.3, -0.25) is 14.9 Å². The molecule has 8 heteroatoms. The second kappa shape index (κ2) is 8.14. The largest absolute Gasteiger partial charge is 0.452 e. The third kappa shape index (κ3) is 3.72. The molecule has 0 N–H and O–H groups in total. The van der Waals surface area contributed by atoms with Crippen LogP contribution in [0.15, 0.2) is 42.5 Å². The Hall–Kier alpha value is -3.42. The van der Waals surface area contributed by atoms with Gasteiger partial charge in [0.15, 0.2) is 6.61 Å². The van der Waals surface area contributed by atoms with Crippen molar-refractivity contribution in [3.8, 4) is 0 Å². The number of para-hydroxylation sites is 1. The fourth-order valence-electron chi connectivity index (χ4n) is 4.25. The van der Waals surface area contributed by atoms with Crippen molar-refractivity contribution in [3.05, 3.63) is 63.7 Å². The van der Waals surface area contributed by atoms with Gasteiger partial charge in [-0.2, -0.15) is 0 Å². The van der Waals surface area contributed by atoms with Crippen LogP contribution in [0, 0.1) is 10.1 Å². The molecule has 2 heterocycles. The lowest BCUT2D eigenvalue weighted by atomic mass is 10.1. The zero-order chi connectivity index (χ0) is 21.3. The van der Waals surface area contributed by atoms with Crippen molar-refractivity contribution in [2.75, 3.05) is 29.5 Å². The second-order valence-corrected chi connectivity index (χ2v) is 7.68. The maximum Gasteiger partial charge on any atom is 0.338 e. The Labute approximate surface area is 174 Å². The van der Waals surface area contributed by atoms with Gasteiger partial charge >= 0.3 is 5.97 Å². The van der Waals surface area contributed by atoms with Crippen molar-refractivity contribution in [1.29, 1.82) is 0 Å². The fourth-order valence-corrected chi connectivity index (χ4v) is 4.25. The van der Waals surface area contributed by atoms with E-state index in [-0.39, 0.29) is 23.2 Å². The first-order valence-corrected chi connectivity index (χ1v) is 10.1. The summed E-state index contributed by atoms with van der Waals surface area (Å²) >= 11 is 0. The molecule has 2 aliphatic heterocycles. The number of fused-ring (bicyclic) bond motifs is 1. The lowest BCUT2D eigenvalue weighted by molar-refractivity contribution is -0.384. The minimum absolute atomic E-state index is 0.0190. The van der Waals surface area contributed by atoms with E-state index < -0.39 is 17.5 Å². The monoisotopic (exact) mass is 409 g/mol. The van der Waals surface area contributed by atoms with E-state index in [9.17, 15) is 19.7 Å². The summed E-state index contributed by atoms with van der Waals surface area (Å²) in [6, 6.07) is 12.0. The summed E-state index contributed by atoms with van der Waals surface area (Å²) in [5, 5.41) is 11.5. The number of amides is 1. The zero-order valence-electron chi connectivity index (χ0n) is 16.7. The normalized spacial score (nSPS) is 17.7. The van der Waals surface area contributed by atoms with E-state index in [1.807, 2.05) is 36.1 Å². The van der Waals surface area contributed by atoms with E-state index in [1.165, 1.54) is 12.1 Å². The highest BCUT2D eigenvalue weighted by Gasteiger charge is 2.31. The molecular weight excluding hydrogens is 386 g/mol. The van der Waals surface area contributed by atoms with Gasteiger partial charge in [0.1, 0.15) is 5.69 Å². The van der Waals surface area contributed by atoms with Crippen LogP contribution in [-0.2, 0) is 16.0 Å². The number of rotatable bonds is 5. The molecule has 0 spiro atoms. The minimum Gasteiger partial charge on any atom is -0.452 e. The van der Waals surface area contributed by atoms with E-state index in [0.29, 0.717) is 5.69 Å². The van der Waals surface area contributed by atoms with Crippen molar-refractivity contribution in [1.82, 2.24) is 0 Å². The molecule has 1 unspecified atom stereocenters. The Kier molecular flexibility index (Phi) is 5.39. The van der Waals surface area contributed by atoms with Crippen molar-refractivity contribution in [2.45, 2.75) is 32.2 Å². The molecule has 8 nitrogen and oxygen atoms in total. The molecule has 0 aromatic heterocycles. The number of nitro groups is 1. The molecule has 30 heavy (non-hydrogen) atoms. The van der Waals surface area contributed by atoms with Crippen LogP contribution < -0.4 is 9.80 Å². The molecule has 0 saturated carbocycles. The van der Waals surface area contributed by atoms with Gasteiger partial charge < -0.3 is 14.5 Å². The highest BCUT2D eigenvalue weighted by molar-refractivity contribution is 5.99. The van der Waals surface area contributed by atoms with E-state index in [4.69, 9.17) is 4.74 Å². The summed E-state index contributed by atoms with van der Waals surface area (Å²) in [5.74, 6) is -1.07. The first-order valence-electron chi connectivity index (χ1n) is 10.1. The molecule has 2 aromatic rings. The number of hydrogen-bond acceptors (Lipinski definition) is 6. The fraction of sp³-hybridized carbons (Fsp3) is 0.364. The van der Waals surface area contributed by atoms with Crippen molar-refractivity contribution >= 4 is 28.9 Å². The molecular formula is C22H23N3O5. The number of hydrogen-bond donors (Lipinski definition) is 0. The highest BCUT2D eigenvalue weighted by atomic mass is 16.6. The van der Waals surface area contributed by atoms with Gasteiger partial charge in [-0.15, -0.1) is 0 Å². The van der Waals surface area contributed by atoms with Crippen LogP contribution in [0.2, 0.25) is 0 Å². The summed E-state index contributed by atoms with van der Waals surface area (Å²) in [6.07, 6.45) is 2.72. The van der Waals surface area contributed by atoms with E-state index in [1.54, 1.807) is 11.0 Å². The van der Waals surface area contributed by atoms with Gasteiger partial charge in [-0.25, -0.2) is 4.79 Å². The first-order chi connectivity index (χ1) is 14.5. The quantitative estimate of drug-likeness (QED) is 0.427. The van der Waals surface area contributed by atoms with E-state index in [2.05, 4.69) is 0 Å². The lowest BCUT2D eigenvalue weighted by Crippen LogP contribution is -2.38. The summed E-state index contributed by atoms with van der Waals surface area (Å²) in [7, 11) is 0. The summed E-state index contributed by atoms with van der Waals surface area (Å²) in [5.41, 5.74) is 2.36. The number of carbonyl (C=O) groups excluding carboxylic acids is 2. The molecule has 1 saturated heterocycles. The van der Waals surface area contributed by atoms with Gasteiger partial charge in [0.25, 0.3) is 11.6 Å². The summed E-state index contributed by atoms with van der Waals surface area (Å²) in [6.45, 7) is 3.04. The van der Waals surface area contributed by atoms with Crippen LogP contribution in [0.5, 0.6) is 0 Å². The molecule has 1 atom stereocenters. The number of nitrogens with zero attached hydrogens (tertiary/aromatic N) is 3. The maximum atomic E-state index is 12.7. The Bertz CT molecular complexity index is 1000. The van der Waals surface area contributed by atoms with Crippen LogP contribution >= 0.6 is 0 Å². The number of nitro benzene ring substituents is 1. The van der Waals surface area contributed by atoms with Crippen LogP contribution in [0.1, 0.15) is 35.7 Å². The van der Waals surface area contributed by atoms with Crippen LogP contribution in [0.25, 0.3) is 0 Å². The lowest BCUT2D eigenvalue weighted by Gasteiger charge is -2.22. The van der Waals surface area contributed by atoms with Crippen LogP contribution in [0.4, 0.5) is 17.1 Å². The number of ether oxygens (including phenoxy) is 1. The first kappa shape index (κ1) is 19.9. The Morgan fingerprint density at radius 1 is 1.13 bits per heavy atom. The Balaban J connectivity index is 1.46. The average Bonchev–Trinajstić information content (AvgIpc) is 3.38. The molecule has 156 valence electrons. The standard InChI is InChI=1S/C22H23N3O5/c1-15-12-16-6-2-3-7-18(16)24(15)21(26)14-30-22(27)17-8-9-19(20(13-17)25(28)29)23-10-4-5-11-23/h2-3,6-9,13,15H,4-5,10-12,14H2,1H3. The number of carbonyl (C=O) groups is 2. The third-order valence-electron chi connectivity index (χ3n) is 5.66. The molecule has 0 bridgehead atoms. The molecule has 0 aliphatic carbocycles. The molecule has 1 fully saturated rings. The van der Waals surface area contributed by atoms with Crippen LogP contribution in [0.3, 0.4) is 0 Å². The second-order valence-electron chi connectivity index (χ2n) is 7.68. The van der Waals surface area contributed by atoms with Gasteiger partial charge in [0.05, 0.1) is 10.5 Å². The predicted octanol–water partition coefficient (Wildman–Crippen LogP) is 3.33. The van der Waals surface area contributed by atoms with Gasteiger partial charge in [-0.05, 0) is 49.9 Å². The number of anilines is 2. The molecule has 4 rings (SSSR count). The van der Waals surface area contributed by atoms with Crippen LogP contribution in [-0.4, -0.2) is 42.5 Å². The molecule has 2 aromatic carbocycles. The van der Waals surface area contributed by atoms with E-state index >= 15 is 0 Å². The van der Waals surface area contributed by atoms with E-state index in [0.717, 1.165) is 43.6 Å². The highest BCUT2D eigenvalue weighted by Crippen LogP contribution is 2.33.